The number of Topliss-reactive ketones (excluding diaryl/α,β-unsaturated/α-hetero) is 1. The summed E-state index contributed by atoms with van der Waals surface area (Å²) in [6, 6.07) is 3.50. The molecule has 1 rings (SSSR count). The molecule has 98 valence electrons. The number of carbonyl (C=O) groups is 2. The molecule has 5 heteroatoms. The van der Waals surface area contributed by atoms with E-state index in [1.165, 1.54) is 17.9 Å². The average molecular weight is 255 g/mol. The van der Waals surface area contributed by atoms with Gasteiger partial charge in [0.2, 0.25) is 5.91 Å². The van der Waals surface area contributed by atoms with Crippen LogP contribution in [0.25, 0.3) is 0 Å². The average Bonchev–Trinajstić information content (AvgIpc) is 2.29. The number of hydrogen-bond acceptors (Lipinski definition) is 2. The van der Waals surface area contributed by atoms with Crippen LogP contribution in [0.3, 0.4) is 0 Å². The van der Waals surface area contributed by atoms with Crippen molar-refractivity contribution < 1.29 is 18.4 Å². The molecule has 1 amide bonds. The Morgan fingerprint density at radius 2 is 1.89 bits per heavy atom. The number of benzene rings is 1. The van der Waals surface area contributed by atoms with Crippen LogP contribution < -0.4 is 0 Å². The number of hydrogen-bond donors (Lipinski definition) is 0. The number of ketones is 1. The smallest absolute Gasteiger partial charge is 0.230 e. The molecule has 1 aromatic rings. The van der Waals surface area contributed by atoms with E-state index in [-0.39, 0.29) is 24.7 Å². The van der Waals surface area contributed by atoms with Crippen LogP contribution in [0.1, 0.15) is 25.8 Å². The molecule has 0 saturated heterocycles. The van der Waals surface area contributed by atoms with Crippen LogP contribution >= 0.6 is 0 Å². The van der Waals surface area contributed by atoms with Crippen molar-refractivity contribution in [3.05, 3.63) is 35.4 Å². The second-order valence-corrected chi connectivity index (χ2v) is 4.04. The maximum Gasteiger partial charge on any atom is 0.230 e. The molecule has 0 spiro atoms. The van der Waals surface area contributed by atoms with E-state index in [4.69, 9.17) is 0 Å². The molecule has 0 aliphatic carbocycles. The van der Waals surface area contributed by atoms with Crippen molar-refractivity contribution in [1.82, 2.24) is 4.90 Å². The fraction of sp³-hybridized carbons (Fsp3) is 0.385. The molecule has 0 fully saturated rings. The predicted octanol–water partition coefficient (Wildman–Crippen LogP) is 2.29. The SMILES string of the molecule is CCN(Cc1ccc(F)c(F)c1)C(=O)CC(C)=O. The van der Waals surface area contributed by atoms with Crippen LogP contribution in [0.4, 0.5) is 8.78 Å². The molecule has 0 N–H and O–H groups in total. The van der Waals surface area contributed by atoms with Gasteiger partial charge in [-0.05, 0) is 31.5 Å². The van der Waals surface area contributed by atoms with Crippen LogP contribution in [0.15, 0.2) is 18.2 Å². The summed E-state index contributed by atoms with van der Waals surface area (Å²) in [6.45, 7) is 3.67. The Morgan fingerprint density at radius 3 is 2.39 bits per heavy atom. The second kappa shape index (κ2) is 6.23. The maximum atomic E-state index is 13.0. The topological polar surface area (TPSA) is 37.4 Å². The minimum absolute atomic E-state index is 0.166. The first-order valence-corrected chi connectivity index (χ1v) is 5.65. The van der Waals surface area contributed by atoms with Gasteiger partial charge in [-0.3, -0.25) is 9.59 Å². The van der Waals surface area contributed by atoms with Crippen molar-refractivity contribution in [2.45, 2.75) is 26.8 Å². The van der Waals surface area contributed by atoms with Gasteiger partial charge in [0, 0.05) is 13.1 Å². The lowest BCUT2D eigenvalue weighted by Crippen LogP contribution is -2.31. The van der Waals surface area contributed by atoms with E-state index < -0.39 is 11.6 Å². The molecule has 0 aliphatic heterocycles. The van der Waals surface area contributed by atoms with Crippen molar-refractivity contribution in [3.8, 4) is 0 Å². The van der Waals surface area contributed by atoms with Gasteiger partial charge in [0.05, 0.1) is 6.42 Å². The highest BCUT2D eigenvalue weighted by Gasteiger charge is 2.14. The molecule has 0 aliphatic rings. The summed E-state index contributed by atoms with van der Waals surface area (Å²) in [4.78, 5) is 24.0. The first-order valence-electron chi connectivity index (χ1n) is 5.65. The summed E-state index contributed by atoms with van der Waals surface area (Å²) in [7, 11) is 0. The van der Waals surface area contributed by atoms with Crippen LogP contribution in [0.5, 0.6) is 0 Å². The molecule has 0 heterocycles. The highest BCUT2D eigenvalue weighted by Crippen LogP contribution is 2.11. The third kappa shape index (κ3) is 3.91. The zero-order chi connectivity index (χ0) is 13.7. The molecule has 0 saturated carbocycles. The highest BCUT2D eigenvalue weighted by molar-refractivity contribution is 5.96. The van der Waals surface area contributed by atoms with E-state index in [0.29, 0.717) is 12.1 Å². The van der Waals surface area contributed by atoms with E-state index in [2.05, 4.69) is 0 Å². The van der Waals surface area contributed by atoms with Gasteiger partial charge in [0.15, 0.2) is 11.6 Å². The van der Waals surface area contributed by atoms with E-state index >= 15 is 0 Å². The van der Waals surface area contributed by atoms with Gasteiger partial charge < -0.3 is 4.90 Å². The van der Waals surface area contributed by atoms with Crippen molar-refractivity contribution in [3.63, 3.8) is 0 Å². The summed E-state index contributed by atoms with van der Waals surface area (Å²) in [6.07, 6.45) is -0.169. The van der Waals surface area contributed by atoms with Gasteiger partial charge >= 0.3 is 0 Å². The zero-order valence-corrected chi connectivity index (χ0v) is 10.4. The van der Waals surface area contributed by atoms with Crippen LogP contribution in [0.2, 0.25) is 0 Å². The Labute approximate surface area is 104 Å². The number of halogens is 2. The van der Waals surface area contributed by atoms with Crippen molar-refractivity contribution in [2.24, 2.45) is 0 Å². The van der Waals surface area contributed by atoms with E-state index in [9.17, 15) is 18.4 Å². The molecule has 0 radical (unpaired) electrons. The number of amides is 1. The Hall–Kier alpha value is -1.78. The Bertz CT molecular complexity index is 460. The lowest BCUT2D eigenvalue weighted by Gasteiger charge is -2.20. The van der Waals surface area contributed by atoms with Crippen molar-refractivity contribution in [2.75, 3.05) is 6.54 Å². The van der Waals surface area contributed by atoms with E-state index in [1.807, 2.05) is 0 Å². The number of carbonyl (C=O) groups excluding carboxylic acids is 2. The third-order valence-corrected chi connectivity index (χ3v) is 2.49. The van der Waals surface area contributed by atoms with Crippen LogP contribution in [0, 0.1) is 11.6 Å². The molecule has 0 bridgehead atoms. The van der Waals surface area contributed by atoms with Gasteiger partial charge in [-0.15, -0.1) is 0 Å². The monoisotopic (exact) mass is 255 g/mol. The Morgan fingerprint density at radius 1 is 1.22 bits per heavy atom. The Kier molecular flexibility index (Phi) is 4.95. The largest absolute Gasteiger partial charge is 0.338 e. The molecule has 0 unspecified atom stereocenters. The van der Waals surface area contributed by atoms with Gasteiger partial charge in [-0.25, -0.2) is 8.78 Å². The zero-order valence-electron chi connectivity index (χ0n) is 10.4. The first kappa shape index (κ1) is 14.3. The minimum Gasteiger partial charge on any atom is -0.338 e. The standard InChI is InChI=1S/C13H15F2NO2/c1-3-16(13(18)6-9(2)17)8-10-4-5-11(14)12(15)7-10/h4-5,7H,3,6,8H2,1-2H3. The van der Waals surface area contributed by atoms with Crippen LogP contribution in [-0.2, 0) is 16.1 Å². The summed E-state index contributed by atoms with van der Waals surface area (Å²) in [5.41, 5.74) is 0.493. The molecule has 1 aromatic carbocycles. The molecule has 0 atom stereocenters. The predicted molar refractivity (Wildman–Crippen MR) is 62.7 cm³/mol. The lowest BCUT2D eigenvalue weighted by atomic mass is 10.2. The molecular weight excluding hydrogens is 240 g/mol. The summed E-state index contributed by atoms with van der Waals surface area (Å²) in [5, 5.41) is 0. The summed E-state index contributed by atoms with van der Waals surface area (Å²) in [5.74, 6) is -2.39. The number of rotatable bonds is 5. The summed E-state index contributed by atoms with van der Waals surface area (Å²) >= 11 is 0. The second-order valence-electron chi connectivity index (χ2n) is 4.04. The molecule has 18 heavy (non-hydrogen) atoms. The quantitative estimate of drug-likeness (QED) is 0.757. The third-order valence-electron chi connectivity index (χ3n) is 2.49. The van der Waals surface area contributed by atoms with E-state index in [1.54, 1.807) is 6.92 Å². The minimum atomic E-state index is -0.942. The van der Waals surface area contributed by atoms with Crippen molar-refractivity contribution >= 4 is 11.7 Å². The number of nitrogens with zero attached hydrogens (tertiary/aromatic N) is 1. The molecule has 3 nitrogen and oxygen atoms in total. The highest BCUT2D eigenvalue weighted by atomic mass is 19.2. The normalized spacial score (nSPS) is 10.2. The summed E-state index contributed by atoms with van der Waals surface area (Å²) < 4.78 is 25.8. The van der Waals surface area contributed by atoms with Gasteiger partial charge in [0.25, 0.3) is 0 Å². The fourth-order valence-corrected chi connectivity index (χ4v) is 1.56. The van der Waals surface area contributed by atoms with E-state index in [0.717, 1.165) is 12.1 Å². The van der Waals surface area contributed by atoms with Crippen LogP contribution in [-0.4, -0.2) is 23.1 Å². The fourth-order valence-electron chi connectivity index (χ4n) is 1.56. The van der Waals surface area contributed by atoms with Gasteiger partial charge in [-0.2, -0.15) is 0 Å². The molecular formula is C13H15F2NO2. The van der Waals surface area contributed by atoms with Crippen molar-refractivity contribution in [1.29, 1.82) is 0 Å². The lowest BCUT2D eigenvalue weighted by molar-refractivity contribution is -0.135. The van der Waals surface area contributed by atoms with Gasteiger partial charge in [0.1, 0.15) is 5.78 Å². The first-order chi connectivity index (χ1) is 8.43. The van der Waals surface area contributed by atoms with Gasteiger partial charge in [-0.1, -0.05) is 6.07 Å². The Balaban J connectivity index is 2.76. The molecule has 0 aromatic heterocycles. The maximum absolute atomic E-state index is 13.0.